The fraction of sp³-hybridized carbons (Fsp3) is 0.500. The Bertz CT molecular complexity index is 478. The fourth-order valence-electron chi connectivity index (χ4n) is 2.52. The third-order valence-electron chi connectivity index (χ3n) is 3.82. The molecule has 2 rings (SSSR count). The van der Waals surface area contributed by atoms with Gasteiger partial charge in [-0.2, -0.15) is 0 Å². The van der Waals surface area contributed by atoms with Crippen LogP contribution in [0.3, 0.4) is 0 Å². The van der Waals surface area contributed by atoms with Crippen molar-refractivity contribution in [2.75, 3.05) is 31.6 Å². The Labute approximate surface area is 119 Å². The van der Waals surface area contributed by atoms with Crippen molar-refractivity contribution < 1.29 is 4.39 Å². The van der Waals surface area contributed by atoms with Crippen molar-refractivity contribution in [3.63, 3.8) is 0 Å². The second-order valence-corrected chi connectivity index (χ2v) is 5.46. The van der Waals surface area contributed by atoms with E-state index < -0.39 is 0 Å². The van der Waals surface area contributed by atoms with E-state index in [2.05, 4.69) is 23.8 Å². The summed E-state index contributed by atoms with van der Waals surface area (Å²) < 4.78 is 14.2. The molecular formula is C14H20FN3S. The fourth-order valence-corrected chi connectivity index (χ4v) is 2.65. The number of benzene rings is 1. The van der Waals surface area contributed by atoms with Gasteiger partial charge in [0, 0.05) is 31.2 Å². The van der Waals surface area contributed by atoms with Crippen LogP contribution in [0.25, 0.3) is 0 Å². The number of anilines is 1. The van der Waals surface area contributed by atoms with Gasteiger partial charge >= 0.3 is 0 Å². The second-order valence-electron chi connectivity index (χ2n) is 5.02. The minimum absolute atomic E-state index is 0.232. The number of nitrogens with zero attached hydrogens (tertiary/aromatic N) is 2. The van der Waals surface area contributed by atoms with E-state index in [-0.39, 0.29) is 10.8 Å². The van der Waals surface area contributed by atoms with Crippen molar-refractivity contribution in [1.82, 2.24) is 4.90 Å². The number of likely N-dealkylation sites (N-methyl/N-ethyl adjacent to an activating group) is 1. The molecule has 0 spiro atoms. The highest BCUT2D eigenvalue weighted by Crippen LogP contribution is 2.24. The topological polar surface area (TPSA) is 32.5 Å². The Hall–Kier alpha value is -1.20. The molecule has 1 fully saturated rings. The van der Waals surface area contributed by atoms with Crippen LogP contribution in [0.15, 0.2) is 18.2 Å². The lowest BCUT2D eigenvalue weighted by molar-refractivity contribution is 0.213. The summed E-state index contributed by atoms with van der Waals surface area (Å²) in [5.41, 5.74) is 6.74. The number of hydrogen-bond acceptors (Lipinski definition) is 3. The molecule has 1 aromatic rings. The second kappa shape index (κ2) is 5.84. The summed E-state index contributed by atoms with van der Waals surface area (Å²) >= 11 is 4.87. The molecule has 5 heteroatoms. The molecule has 1 aliphatic heterocycles. The van der Waals surface area contributed by atoms with E-state index in [9.17, 15) is 4.39 Å². The first-order chi connectivity index (χ1) is 9.02. The average molecular weight is 281 g/mol. The van der Waals surface area contributed by atoms with Crippen LogP contribution < -0.4 is 10.6 Å². The van der Waals surface area contributed by atoms with E-state index in [0.29, 0.717) is 17.3 Å². The van der Waals surface area contributed by atoms with E-state index in [4.69, 9.17) is 18.0 Å². The zero-order chi connectivity index (χ0) is 14.0. The predicted octanol–water partition coefficient (Wildman–Crippen LogP) is 1.99. The maximum Gasteiger partial charge on any atom is 0.147 e. The quantitative estimate of drug-likeness (QED) is 0.859. The molecule has 0 aliphatic carbocycles. The molecule has 0 aromatic heterocycles. The molecule has 19 heavy (non-hydrogen) atoms. The van der Waals surface area contributed by atoms with Crippen molar-refractivity contribution >= 4 is 22.9 Å². The van der Waals surface area contributed by atoms with Gasteiger partial charge in [-0.3, -0.25) is 4.90 Å². The van der Waals surface area contributed by atoms with E-state index in [1.54, 1.807) is 12.1 Å². The number of thiocarbonyl (C=S) groups is 1. The van der Waals surface area contributed by atoms with Gasteiger partial charge in [0.2, 0.25) is 0 Å². The largest absolute Gasteiger partial charge is 0.389 e. The molecule has 0 amide bonds. The van der Waals surface area contributed by atoms with Gasteiger partial charge in [0.05, 0.1) is 5.69 Å². The summed E-state index contributed by atoms with van der Waals surface area (Å²) in [4.78, 5) is 4.67. The lowest BCUT2D eigenvalue weighted by atomic mass is 10.1. The van der Waals surface area contributed by atoms with E-state index in [1.807, 2.05) is 0 Å². The first-order valence-electron chi connectivity index (χ1n) is 6.57. The molecule has 0 radical (unpaired) electrons. The van der Waals surface area contributed by atoms with Crippen LogP contribution in [0.5, 0.6) is 0 Å². The number of hydrogen-bond donors (Lipinski definition) is 1. The summed E-state index contributed by atoms with van der Waals surface area (Å²) in [6.07, 6.45) is 1.07. The molecule has 1 aromatic carbocycles. The molecule has 1 atom stereocenters. The average Bonchev–Trinajstić information content (AvgIpc) is 2.39. The van der Waals surface area contributed by atoms with Gasteiger partial charge in [0.25, 0.3) is 0 Å². The van der Waals surface area contributed by atoms with Crippen LogP contribution in [0.4, 0.5) is 10.1 Å². The van der Waals surface area contributed by atoms with Crippen molar-refractivity contribution in [3.05, 3.63) is 29.6 Å². The highest BCUT2D eigenvalue weighted by Gasteiger charge is 2.24. The molecule has 3 nitrogen and oxygen atoms in total. The Morgan fingerprint density at radius 3 is 2.79 bits per heavy atom. The van der Waals surface area contributed by atoms with Crippen LogP contribution in [0, 0.1) is 5.82 Å². The zero-order valence-electron chi connectivity index (χ0n) is 11.4. The smallest absolute Gasteiger partial charge is 0.147 e. The number of piperazine rings is 1. The Morgan fingerprint density at radius 2 is 2.21 bits per heavy atom. The van der Waals surface area contributed by atoms with Crippen molar-refractivity contribution in [2.45, 2.75) is 19.4 Å². The number of halogens is 1. The third kappa shape index (κ3) is 3.04. The monoisotopic (exact) mass is 281 g/mol. The normalized spacial score (nSPS) is 20.6. The van der Waals surface area contributed by atoms with Gasteiger partial charge in [-0.05, 0) is 31.7 Å². The van der Waals surface area contributed by atoms with Crippen LogP contribution in [-0.2, 0) is 0 Å². The van der Waals surface area contributed by atoms with Crippen LogP contribution in [0.1, 0.15) is 18.9 Å². The van der Waals surface area contributed by atoms with Gasteiger partial charge in [-0.15, -0.1) is 0 Å². The van der Waals surface area contributed by atoms with Crippen molar-refractivity contribution in [2.24, 2.45) is 5.73 Å². The summed E-state index contributed by atoms with van der Waals surface area (Å²) in [7, 11) is 2.12. The lowest BCUT2D eigenvalue weighted by Gasteiger charge is -2.40. The molecule has 0 saturated carbocycles. The molecule has 2 N–H and O–H groups in total. The number of nitrogens with two attached hydrogens (primary N) is 1. The summed E-state index contributed by atoms with van der Waals surface area (Å²) in [6, 6.07) is 5.47. The molecular weight excluding hydrogens is 261 g/mol. The Kier molecular flexibility index (Phi) is 4.37. The molecule has 1 saturated heterocycles. The molecule has 1 heterocycles. The highest BCUT2D eigenvalue weighted by atomic mass is 32.1. The molecule has 1 unspecified atom stereocenters. The van der Waals surface area contributed by atoms with Gasteiger partial charge in [-0.25, -0.2) is 4.39 Å². The third-order valence-corrected chi connectivity index (χ3v) is 4.06. The van der Waals surface area contributed by atoms with E-state index in [1.165, 1.54) is 6.07 Å². The van der Waals surface area contributed by atoms with E-state index in [0.717, 1.165) is 26.1 Å². The zero-order valence-corrected chi connectivity index (χ0v) is 12.2. The minimum atomic E-state index is -0.246. The van der Waals surface area contributed by atoms with Crippen molar-refractivity contribution in [3.8, 4) is 0 Å². The van der Waals surface area contributed by atoms with Gasteiger partial charge < -0.3 is 10.6 Å². The standard InChI is InChI=1S/C14H20FN3S/c1-3-11-9-18(7-6-17(11)2)13-5-4-10(14(16)19)8-12(13)15/h4-5,8,11H,3,6-7,9H2,1-2H3,(H2,16,19). The predicted molar refractivity (Wildman–Crippen MR) is 81.2 cm³/mol. The molecule has 1 aliphatic rings. The molecule has 0 bridgehead atoms. The van der Waals surface area contributed by atoms with Gasteiger partial charge in [0.15, 0.2) is 0 Å². The van der Waals surface area contributed by atoms with Crippen molar-refractivity contribution in [1.29, 1.82) is 0 Å². The van der Waals surface area contributed by atoms with Crippen LogP contribution in [-0.4, -0.2) is 42.6 Å². The number of rotatable bonds is 3. The summed E-state index contributed by atoms with van der Waals surface area (Å²) in [5, 5.41) is 0. The van der Waals surface area contributed by atoms with Gasteiger partial charge in [-0.1, -0.05) is 19.1 Å². The maximum atomic E-state index is 14.2. The Balaban J connectivity index is 2.20. The first kappa shape index (κ1) is 14.2. The summed E-state index contributed by atoms with van der Waals surface area (Å²) in [6.45, 7) is 4.82. The van der Waals surface area contributed by atoms with Crippen LogP contribution in [0.2, 0.25) is 0 Å². The Morgan fingerprint density at radius 1 is 1.47 bits per heavy atom. The first-order valence-corrected chi connectivity index (χ1v) is 6.98. The summed E-state index contributed by atoms with van der Waals surface area (Å²) in [5.74, 6) is -0.246. The lowest BCUT2D eigenvalue weighted by Crippen LogP contribution is -2.51. The molecule has 104 valence electrons. The minimum Gasteiger partial charge on any atom is -0.389 e. The van der Waals surface area contributed by atoms with E-state index >= 15 is 0 Å². The van der Waals surface area contributed by atoms with Crippen LogP contribution >= 0.6 is 12.2 Å². The van der Waals surface area contributed by atoms with Gasteiger partial charge in [0.1, 0.15) is 10.8 Å². The SMILES string of the molecule is CCC1CN(c2ccc(C(N)=S)cc2F)CCN1C. The maximum absolute atomic E-state index is 14.2. The highest BCUT2D eigenvalue weighted by molar-refractivity contribution is 7.80.